The van der Waals surface area contributed by atoms with E-state index in [0.29, 0.717) is 24.4 Å². The van der Waals surface area contributed by atoms with E-state index in [1.807, 2.05) is 30.3 Å². The summed E-state index contributed by atoms with van der Waals surface area (Å²) < 4.78 is 4.90. The fraction of sp³-hybridized carbons (Fsp3) is 0.222. The average Bonchev–Trinajstić information content (AvgIpc) is 2.56. The second kappa shape index (κ2) is 8.70. The molecular formula is C18H20N2O3. The number of rotatable bonds is 7. The summed E-state index contributed by atoms with van der Waals surface area (Å²) in [6.07, 6.45) is 0.264. The largest absolute Gasteiger partial charge is 0.383 e. The van der Waals surface area contributed by atoms with Gasteiger partial charge in [0.05, 0.1) is 24.3 Å². The summed E-state index contributed by atoms with van der Waals surface area (Å²) in [5, 5.41) is 5.55. The second-order valence-electron chi connectivity index (χ2n) is 5.00. The van der Waals surface area contributed by atoms with Crippen LogP contribution in [0.4, 0.5) is 5.69 Å². The molecule has 0 bridgehead atoms. The van der Waals surface area contributed by atoms with Gasteiger partial charge in [-0.05, 0) is 17.7 Å². The van der Waals surface area contributed by atoms with Crippen LogP contribution in [0.5, 0.6) is 0 Å². The maximum absolute atomic E-state index is 12.2. The monoisotopic (exact) mass is 312 g/mol. The van der Waals surface area contributed by atoms with E-state index < -0.39 is 0 Å². The number of hydrogen-bond donors (Lipinski definition) is 2. The topological polar surface area (TPSA) is 67.4 Å². The van der Waals surface area contributed by atoms with E-state index in [0.717, 1.165) is 5.56 Å². The van der Waals surface area contributed by atoms with Crippen molar-refractivity contribution in [3.63, 3.8) is 0 Å². The highest BCUT2D eigenvalue weighted by atomic mass is 16.5. The Balaban J connectivity index is 2.02. The first-order valence-corrected chi connectivity index (χ1v) is 7.40. The maximum atomic E-state index is 12.2. The summed E-state index contributed by atoms with van der Waals surface area (Å²) in [5.74, 6) is -0.397. The van der Waals surface area contributed by atoms with Gasteiger partial charge < -0.3 is 15.4 Å². The molecule has 0 aromatic heterocycles. The van der Waals surface area contributed by atoms with E-state index in [9.17, 15) is 9.59 Å². The number of carbonyl (C=O) groups excluding carboxylic acids is 2. The van der Waals surface area contributed by atoms with Crippen LogP contribution in [0, 0.1) is 0 Å². The third-order valence-electron chi connectivity index (χ3n) is 3.25. The van der Waals surface area contributed by atoms with Crippen molar-refractivity contribution in [1.29, 1.82) is 0 Å². The molecule has 0 fully saturated rings. The molecular weight excluding hydrogens is 292 g/mol. The Morgan fingerprint density at radius 1 is 1.00 bits per heavy atom. The Morgan fingerprint density at radius 3 is 2.43 bits per heavy atom. The highest BCUT2D eigenvalue weighted by Gasteiger charge is 2.12. The summed E-state index contributed by atoms with van der Waals surface area (Å²) in [5.41, 5.74) is 1.86. The number of hydrogen-bond acceptors (Lipinski definition) is 3. The molecule has 2 rings (SSSR count). The van der Waals surface area contributed by atoms with Crippen molar-refractivity contribution in [3.8, 4) is 0 Å². The fourth-order valence-corrected chi connectivity index (χ4v) is 2.13. The van der Waals surface area contributed by atoms with Gasteiger partial charge >= 0.3 is 0 Å². The first-order valence-electron chi connectivity index (χ1n) is 7.40. The quantitative estimate of drug-likeness (QED) is 0.771. The molecule has 0 saturated heterocycles. The number of amides is 2. The molecule has 2 N–H and O–H groups in total. The molecule has 2 amide bonds. The third-order valence-corrected chi connectivity index (χ3v) is 3.25. The van der Waals surface area contributed by atoms with Gasteiger partial charge in [-0.2, -0.15) is 0 Å². The Bertz CT molecular complexity index is 656. The molecule has 0 atom stereocenters. The van der Waals surface area contributed by atoms with E-state index in [2.05, 4.69) is 10.6 Å². The lowest BCUT2D eigenvalue weighted by Gasteiger charge is -2.11. The van der Waals surface area contributed by atoms with E-state index in [1.165, 1.54) is 0 Å². The predicted octanol–water partition coefficient (Wildman–Crippen LogP) is 2.24. The minimum atomic E-state index is -0.238. The second-order valence-corrected chi connectivity index (χ2v) is 5.00. The van der Waals surface area contributed by atoms with Gasteiger partial charge in [0.1, 0.15) is 0 Å². The van der Waals surface area contributed by atoms with Gasteiger partial charge in [-0.25, -0.2) is 0 Å². The number of carbonyl (C=O) groups is 2. The molecule has 2 aromatic rings. The van der Waals surface area contributed by atoms with Crippen molar-refractivity contribution in [2.75, 3.05) is 25.6 Å². The zero-order valence-electron chi connectivity index (χ0n) is 13.0. The average molecular weight is 312 g/mol. The van der Waals surface area contributed by atoms with Crippen molar-refractivity contribution < 1.29 is 14.3 Å². The Hall–Kier alpha value is -2.66. The molecule has 2 aromatic carbocycles. The van der Waals surface area contributed by atoms with Crippen LogP contribution in [0.1, 0.15) is 15.9 Å². The Morgan fingerprint density at radius 2 is 1.70 bits per heavy atom. The molecule has 5 nitrogen and oxygen atoms in total. The van der Waals surface area contributed by atoms with Crippen LogP contribution < -0.4 is 10.6 Å². The molecule has 0 saturated carbocycles. The molecule has 0 spiro atoms. The predicted molar refractivity (Wildman–Crippen MR) is 89.4 cm³/mol. The lowest BCUT2D eigenvalue weighted by molar-refractivity contribution is -0.115. The van der Waals surface area contributed by atoms with Gasteiger partial charge in [0.25, 0.3) is 5.91 Å². The van der Waals surface area contributed by atoms with Crippen LogP contribution in [0.2, 0.25) is 0 Å². The smallest absolute Gasteiger partial charge is 0.253 e. The van der Waals surface area contributed by atoms with Crippen molar-refractivity contribution in [2.24, 2.45) is 0 Å². The molecule has 0 aliphatic carbocycles. The number of para-hydroxylation sites is 1. The number of benzene rings is 2. The maximum Gasteiger partial charge on any atom is 0.253 e. The Labute approximate surface area is 135 Å². The normalized spacial score (nSPS) is 10.1. The van der Waals surface area contributed by atoms with Crippen LogP contribution in [0.25, 0.3) is 0 Å². The molecule has 0 aliphatic heterocycles. The highest BCUT2D eigenvalue weighted by molar-refractivity contribution is 6.04. The summed E-state index contributed by atoms with van der Waals surface area (Å²) in [6.45, 7) is 0.857. The van der Waals surface area contributed by atoms with Crippen LogP contribution >= 0.6 is 0 Å². The molecule has 0 aliphatic rings. The van der Waals surface area contributed by atoms with E-state index >= 15 is 0 Å². The van der Waals surface area contributed by atoms with Crippen molar-refractivity contribution in [2.45, 2.75) is 6.42 Å². The van der Waals surface area contributed by atoms with Gasteiger partial charge in [-0.1, -0.05) is 42.5 Å². The van der Waals surface area contributed by atoms with Crippen molar-refractivity contribution >= 4 is 17.5 Å². The SMILES string of the molecule is COCCNC(=O)c1ccccc1NC(=O)Cc1ccccc1. The first kappa shape index (κ1) is 16.7. The zero-order valence-corrected chi connectivity index (χ0v) is 13.0. The third kappa shape index (κ3) is 5.23. The molecule has 0 unspecified atom stereocenters. The van der Waals surface area contributed by atoms with E-state index in [4.69, 9.17) is 4.74 Å². The van der Waals surface area contributed by atoms with Crippen LogP contribution in [-0.2, 0) is 16.0 Å². The molecule has 0 radical (unpaired) electrons. The highest BCUT2D eigenvalue weighted by Crippen LogP contribution is 2.15. The van der Waals surface area contributed by atoms with Crippen molar-refractivity contribution in [3.05, 3.63) is 65.7 Å². The van der Waals surface area contributed by atoms with Gasteiger partial charge in [0, 0.05) is 13.7 Å². The molecule has 5 heteroatoms. The number of nitrogens with one attached hydrogen (secondary N) is 2. The van der Waals surface area contributed by atoms with Gasteiger partial charge in [-0.3, -0.25) is 9.59 Å². The number of anilines is 1. The fourth-order valence-electron chi connectivity index (χ4n) is 2.13. The first-order chi connectivity index (χ1) is 11.2. The van der Waals surface area contributed by atoms with E-state index in [1.54, 1.807) is 31.4 Å². The van der Waals surface area contributed by atoms with Gasteiger partial charge in [-0.15, -0.1) is 0 Å². The molecule has 120 valence electrons. The van der Waals surface area contributed by atoms with Gasteiger partial charge in [0.2, 0.25) is 5.91 Å². The lowest BCUT2D eigenvalue weighted by Crippen LogP contribution is -2.28. The van der Waals surface area contributed by atoms with Gasteiger partial charge in [0.15, 0.2) is 0 Å². The van der Waals surface area contributed by atoms with Crippen molar-refractivity contribution in [1.82, 2.24) is 5.32 Å². The van der Waals surface area contributed by atoms with Crippen LogP contribution in [0.15, 0.2) is 54.6 Å². The summed E-state index contributed by atoms with van der Waals surface area (Å²) in [4.78, 5) is 24.3. The molecule has 0 heterocycles. The summed E-state index contributed by atoms with van der Waals surface area (Å²) in [6, 6.07) is 16.4. The number of methoxy groups -OCH3 is 1. The standard InChI is InChI=1S/C18H20N2O3/c1-23-12-11-19-18(22)15-9-5-6-10-16(15)20-17(21)13-14-7-3-2-4-8-14/h2-10H,11-13H2,1H3,(H,19,22)(H,20,21). The zero-order chi connectivity index (χ0) is 16.5. The van der Waals surface area contributed by atoms with E-state index in [-0.39, 0.29) is 18.2 Å². The minimum absolute atomic E-state index is 0.159. The number of ether oxygens (including phenoxy) is 1. The minimum Gasteiger partial charge on any atom is -0.383 e. The summed E-state index contributed by atoms with van der Waals surface area (Å²) >= 11 is 0. The Kier molecular flexibility index (Phi) is 6.32. The van der Waals surface area contributed by atoms with Crippen LogP contribution in [-0.4, -0.2) is 32.1 Å². The molecule has 23 heavy (non-hydrogen) atoms. The summed E-state index contributed by atoms with van der Waals surface area (Å²) in [7, 11) is 1.57. The lowest BCUT2D eigenvalue weighted by atomic mass is 10.1. The van der Waals surface area contributed by atoms with Crippen LogP contribution in [0.3, 0.4) is 0 Å².